The van der Waals surface area contributed by atoms with E-state index in [1.165, 1.54) is 17.0 Å². The predicted molar refractivity (Wildman–Crippen MR) is 71.7 cm³/mol. The Labute approximate surface area is 117 Å². The van der Waals surface area contributed by atoms with Crippen molar-refractivity contribution in [2.24, 2.45) is 0 Å². The lowest BCUT2D eigenvalue weighted by Crippen LogP contribution is -2.31. The third kappa shape index (κ3) is 3.36. The third-order valence-corrected chi connectivity index (χ3v) is 5.03. The predicted octanol–water partition coefficient (Wildman–Crippen LogP) is -0.586. The lowest BCUT2D eigenvalue weighted by molar-refractivity contribution is -0.130. The molecule has 20 heavy (non-hydrogen) atoms. The number of aliphatic hydroxyl groups excluding tert-OH is 2. The molecule has 1 saturated heterocycles. The molecule has 0 bridgehead atoms. The summed E-state index contributed by atoms with van der Waals surface area (Å²) in [5.41, 5.74) is 0. The van der Waals surface area contributed by atoms with Gasteiger partial charge < -0.3 is 15.1 Å². The summed E-state index contributed by atoms with van der Waals surface area (Å²) in [5, 5.41) is 18.7. The number of aliphatic hydroxyl groups is 2. The standard InChI is InChI=1S/C13H17NO5S/c15-11-8-14(9-12(11)16)13(17)6-7-20(18,19)10-4-2-1-3-5-10/h1-5,11-12,15-16H,6-9H2. The van der Waals surface area contributed by atoms with Crippen molar-refractivity contribution in [3.8, 4) is 0 Å². The first-order valence-corrected chi connectivity index (χ1v) is 7.97. The summed E-state index contributed by atoms with van der Waals surface area (Å²) >= 11 is 0. The van der Waals surface area contributed by atoms with Gasteiger partial charge in [0.15, 0.2) is 9.84 Å². The Morgan fingerprint density at radius 2 is 1.70 bits per heavy atom. The monoisotopic (exact) mass is 299 g/mol. The van der Waals surface area contributed by atoms with Crippen LogP contribution in [0.4, 0.5) is 0 Å². The smallest absolute Gasteiger partial charge is 0.223 e. The highest BCUT2D eigenvalue weighted by Crippen LogP contribution is 2.14. The van der Waals surface area contributed by atoms with Crippen LogP contribution in [0.1, 0.15) is 6.42 Å². The number of rotatable bonds is 4. The fraction of sp³-hybridized carbons (Fsp3) is 0.462. The molecule has 7 heteroatoms. The Morgan fingerprint density at radius 3 is 2.25 bits per heavy atom. The van der Waals surface area contributed by atoms with Gasteiger partial charge in [0.1, 0.15) is 0 Å². The molecule has 0 aliphatic carbocycles. The minimum Gasteiger partial charge on any atom is -0.388 e. The maximum Gasteiger partial charge on any atom is 0.223 e. The third-order valence-electron chi connectivity index (χ3n) is 3.30. The van der Waals surface area contributed by atoms with Crippen molar-refractivity contribution in [1.29, 1.82) is 0 Å². The molecule has 6 nitrogen and oxygen atoms in total. The van der Waals surface area contributed by atoms with E-state index in [-0.39, 0.29) is 36.1 Å². The van der Waals surface area contributed by atoms with E-state index in [0.29, 0.717) is 0 Å². The van der Waals surface area contributed by atoms with Crippen LogP contribution < -0.4 is 0 Å². The second-order valence-electron chi connectivity index (χ2n) is 4.82. The van der Waals surface area contributed by atoms with Crippen molar-refractivity contribution >= 4 is 15.7 Å². The average molecular weight is 299 g/mol. The molecule has 1 heterocycles. The Kier molecular flexibility index (Phi) is 4.42. The molecule has 1 aromatic carbocycles. The Hall–Kier alpha value is -1.44. The summed E-state index contributed by atoms with van der Waals surface area (Å²) in [7, 11) is -3.48. The number of amides is 1. The van der Waals surface area contributed by atoms with E-state index < -0.39 is 22.0 Å². The summed E-state index contributed by atoms with van der Waals surface area (Å²) in [5.74, 6) is -0.654. The molecule has 1 aliphatic heterocycles. The topological polar surface area (TPSA) is 94.9 Å². The maximum atomic E-state index is 12.0. The number of carbonyl (C=O) groups excluding carboxylic acids is 1. The van der Waals surface area contributed by atoms with Crippen LogP contribution in [0.2, 0.25) is 0 Å². The lowest BCUT2D eigenvalue weighted by atomic mass is 10.3. The highest BCUT2D eigenvalue weighted by Gasteiger charge is 2.32. The van der Waals surface area contributed by atoms with E-state index in [1.54, 1.807) is 18.2 Å². The van der Waals surface area contributed by atoms with Crippen LogP contribution in [0, 0.1) is 0 Å². The van der Waals surface area contributed by atoms with Gasteiger partial charge in [-0.25, -0.2) is 8.42 Å². The van der Waals surface area contributed by atoms with Gasteiger partial charge in [-0.05, 0) is 12.1 Å². The van der Waals surface area contributed by atoms with Gasteiger partial charge in [-0.2, -0.15) is 0 Å². The highest BCUT2D eigenvalue weighted by molar-refractivity contribution is 7.91. The number of benzene rings is 1. The first-order valence-electron chi connectivity index (χ1n) is 6.32. The fourth-order valence-electron chi connectivity index (χ4n) is 2.10. The van der Waals surface area contributed by atoms with Crippen molar-refractivity contribution in [2.45, 2.75) is 23.5 Å². The first-order chi connectivity index (χ1) is 9.40. The van der Waals surface area contributed by atoms with Gasteiger partial charge in [0.05, 0.1) is 22.9 Å². The molecule has 1 aliphatic rings. The fourth-order valence-corrected chi connectivity index (χ4v) is 3.35. The van der Waals surface area contributed by atoms with E-state index in [4.69, 9.17) is 0 Å². The lowest BCUT2D eigenvalue weighted by Gasteiger charge is -2.15. The molecule has 1 aromatic rings. The van der Waals surface area contributed by atoms with Gasteiger partial charge in [0, 0.05) is 19.5 Å². The van der Waals surface area contributed by atoms with Crippen molar-refractivity contribution in [3.05, 3.63) is 30.3 Å². The van der Waals surface area contributed by atoms with Crippen LogP contribution in [-0.2, 0) is 14.6 Å². The van der Waals surface area contributed by atoms with Crippen LogP contribution >= 0.6 is 0 Å². The zero-order chi connectivity index (χ0) is 14.8. The van der Waals surface area contributed by atoms with Gasteiger partial charge >= 0.3 is 0 Å². The van der Waals surface area contributed by atoms with Crippen LogP contribution in [0.5, 0.6) is 0 Å². The van der Waals surface area contributed by atoms with E-state index in [9.17, 15) is 23.4 Å². The molecule has 0 spiro atoms. The number of hydrogen-bond donors (Lipinski definition) is 2. The second-order valence-corrected chi connectivity index (χ2v) is 6.92. The second kappa shape index (κ2) is 5.90. The Balaban J connectivity index is 1.94. The van der Waals surface area contributed by atoms with Crippen LogP contribution in [0.25, 0.3) is 0 Å². The summed E-state index contributed by atoms with van der Waals surface area (Å²) in [6.07, 6.45) is -2.06. The average Bonchev–Trinajstić information content (AvgIpc) is 2.77. The summed E-state index contributed by atoms with van der Waals surface area (Å²) in [6, 6.07) is 7.95. The van der Waals surface area contributed by atoms with Crippen LogP contribution in [0.15, 0.2) is 35.2 Å². The molecule has 110 valence electrons. The SMILES string of the molecule is O=C(CCS(=O)(=O)c1ccccc1)N1CC(O)C(O)C1. The molecular weight excluding hydrogens is 282 g/mol. The van der Waals surface area contributed by atoms with Gasteiger partial charge in [0.25, 0.3) is 0 Å². The van der Waals surface area contributed by atoms with Crippen molar-refractivity contribution in [1.82, 2.24) is 4.90 Å². The van der Waals surface area contributed by atoms with E-state index in [1.807, 2.05) is 0 Å². The number of carbonyl (C=O) groups is 1. The van der Waals surface area contributed by atoms with Gasteiger partial charge in [-0.15, -0.1) is 0 Å². The molecule has 0 radical (unpaired) electrons. The normalized spacial score (nSPS) is 23.0. The minimum absolute atomic E-state index is 0.0470. The number of hydrogen-bond acceptors (Lipinski definition) is 5. The molecule has 0 saturated carbocycles. The Bertz CT molecular complexity index is 562. The molecule has 2 unspecified atom stereocenters. The van der Waals surface area contributed by atoms with E-state index >= 15 is 0 Å². The first kappa shape index (κ1) is 15.0. The molecular formula is C13H17NO5S. The van der Waals surface area contributed by atoms with E-state index in [2.05, 4.69) is 0 Å². The molecule has 1 amide bonds. The van der Waals surface area contributed by atoms with E-state index in [0.717, 1.165) is 0 Å². The van der Waals surface area contributed by atoms with Crippen molar-refractivity contribution in [3.63, 3.8) is 0 Å². The summed E-state index contributed by atoms with van der Waals surface area (Å²) in [4.78, 5) is 13.3. The van der Waals surface area contributed by atoms with Gasteiger partial charge in [-0.3, -0.25) is 4.79 Å². The van der Waals surface area contributed by atoms with Crippen molar-refractivity contribution in [2.75, 3.05) is 18.8 Å². The quantitative estimate of drug-likeness (QED) is 0.775. The van der Waals surface area contributed by atoms with Gasteiger partial charge in [0.2, 0.25) is 5.91 Å². The molecule has 2 N–H and O–H groups in total. The minimum atomic E-state index is -3.48. The zero-order valence-electron chi connectivity index (χ0n) is 10.8. The van der Waals surface area contributed by atoms with Gasteiger partial charge in [-0.1, -0.05) is 18.2 Å². The summed E-state index contributed by atoms with van der Waals surface area (Å²) < 4.78 is 24.0. The largest absolute Gasteiger partial charge is 0.388 e. The van der Waals surface area contributed by atoms with Crippen LogP contribution in [0.3, 0.4) is 0 Å². The number of likely N-dealkylation sites (tertiary alicyclic amines) is 1. The van der Waals surface area contributed by atoms with Crippen molar-refractivity contribution < 1.29 is 23.4 Å². The maximum absolute atomic E-state index is 12.0. The van der Waals surface area contributed by atoms with Crippen LogP contribution in [-0.4, -0.2) is 60.5 Å². The summed E-state index contributed by atoms with van der Waals surface area (Å²) in [6.45, 7) is 0.0940. The molecule has 2 atom stereocenters. The molecule has 0 aromatic heterocycles. The molecule has 1 fully saturated rings. The number of sulfone groups is 1. The zero-order valence-corrected chi connectivity index (χ0v) is 11.7. The molecule has 2 rings (SSSR count). The number of nitrogens with zero attached hydrogens (tertiary/aromatic N) is 1. The highest BCUT2D eigenvalue weighted by atomic mass is 32.2. The number of β-amino-alcohol motifs (C(OH)–C–C–N with tert-alkyl or cyclic N) is 2. The Morgan fingerprint density at radius 1 is 1.15 bits per heavy atom.